The average Bonchev–Trinajstić information content (AvgIpc) is 2.30. The third-order valence-electron chi connectivity index (χ3n) is 2.41. The molecule has 1 aromatic rings. The first-order valence-corrected chi connectivity index (χ1v) is 5.13. The third-order valence-corrected chi connectivity index (χ3v) is 2.41. The van der Waals surface area contributed by atoms with Crippen LogP contribution in [0.5, 0.6) is 5.88 Å². The second-order valence-electron chi connectivity index (χ2n) is 3.44. The number of alkyl halides is 2. The zero-order valence-electron chi connectivity index (χ0n) is 8.70. The molecule has 0 amide bonds. The number of halogens is 2. The Kier molecular flexibility index (Phi) is 3.51. The van der Waals surface area contributed by atoms with E-state index in [1.807, 2.05) is 4.90 Å². The predicted molar refractivity (Wildman–Crippen MR) is 56.0 cm³/mol. The van der Waals surface area contributed by atoms with Gasteiger partial charge in [-0.25, -0.2) is 4.98 Å². The van der Waals surface area contributed by atoms with Crippen LogP contribution in [0, 0.1) is 0 Å². The number of hydrogen-bond donors (Lipinski definition) is 1. The Bertz CT molecular complexity index is 343. The van der Waals surface area contributed by atoms with Crippen molar-refractivity contribution in [1.29, 1.82) is 0 Å². The SMILES string of the molecule is FC(F)Oc1ncccc1N1CCNCC1. The van der Waals surface area contributed by atoms with Crippen molar-refractivity contribution in [2.45, 2.75) is 6.61 Å². The van der Waals surface area contributed by atoms with Gasteiger partial charge < -0.3 is 15.0 Å². The highest BCUT2D eigenvalue weighted by Crippen LogP contribution is 2.26. The summed E-state index contributed by atoms with van der Waals surface area (Å²) in [5.74, 6) is -0.000556. The summed E-state index contributed by atoms with van der Waals surface area (Å²) in [4.78, 5) is 5.82. The molecule has 0 aromatic carbocycles. The summed E-state index contributed by atoms with van der Waals surface area (Å²) >= 11 is 0. The molecule has 0 bridgehead atoms. The van der Waals surface area contributed by atoms with Gasteiger partial charge in [0, 0.05) is 32.4 Å². The fourth-order valence-electron chi connectivity index (χ4n) is 1.70. The lowest BCUT2D eigenvalue weighted by molar-refractivity contribution is -0.0525. The minimum Gasteiger partial charge on any atom is -0.415 e. The number of nitrogens with one attached hydrogen (secondary N) is 1. The molecule has 88 valence electrons. The van der Waals surface area contributed by atoms with Crippen molar-refractivity contribution in [3.8, 4) is 5.88 Å². The highest BCUT2D eigenvalue weighted by atomic mass is 19.3. The molecule has 1 fully saturated rings. The minimum absolute atomic E-state index is 0.000556. The molecule has 4 nitrogen and oxygen atoms in total. The summed E-state index contributed by atoms with van der Waals surface area (Å²) in [6.07, 6.45) is 1.45. The van der Waals surface area contributed by atoms with E-state index in [0.29, 0.717) is 5.69 Å². The molecule has 0 aliphatic carbocycles. The maximum absolute atomic E-state index is 12.2. The van der Waals surface area contributed by atoms with Gasteiger partial charge in [-0.2, -0.15) is 8.78 Å². The van der Waals surface area contributed by atoms with E-state index in [0.717, 1.165) is 26.2 Å². The minimum atomic E-state index is -2.84. The first kappa shape index (κ1) is 11.1. The highest BCUT2D eigenvalue weighted by molar-refractivity contribution is 5.55. The third kappa shape index (κ3) is 2.57. The fourth-order valence-corrected chi connectivity index (χ4v) is 1.70. The van der Waals surface area contributed by atoms with Crippen LogP contribution in [0.25, 0.3) is 0 Å². The van der Waals surface area contributed by atoms with Crippen molar-refractivity contribution in [3.63, 3.8) is 0 Å². The molecule has 1 saturated heterocycles. The van der Waals surface area contributed by atoms with Crippen LogP contribution in [-0.4, -0.2) is 37.8 Å². The molecular formula is C10H13F2N3O. The molecule has 16 heavy (non-hydrogen) atoms. The van der Waals surface area contributed by atoms with Crippen LogP contribution >= 0.6 is 0 Å². The van der Waals surface area contributed by atoms with Crippen LogP contribution in [0.4, 0.5) is 14.5 Å². The number of pyridine rings is 1. The summed E-state index contributed by atoms with van der Waals surface area (Å²) in [7, 11) is 0. The summed E-state index contributed by atoms with van der Waals surface area (Å²) in [5, 5.41) is 3.19. The zero-order chi connectivity index (χ0) is 11.4. The van der Waals surface area contributed by atoms with Crippen molar-refractivity contribution in [2.75, 3.05) is 31.1 Å². The Morgan fingerprint density at radius 1 is 1.38 bits per heavy atom. The van der Waals surface area contributed by atoms with E-state index in [4.69, 9.17) is 0 Å². The molecule has 0 radical (unpaired) electrons. The van der Waals surface area contributed by atoms with Crippen LogP contribution in [0.15, 0.2) is 18.3 Å². The predicted octanol–water partition coefficient (Wildman–Crippen LogP) is 1.09. The second kappa shape index (κ2) is 5.07. The van der Waals surface area contributed by atoms with E-state index in [9.17, 15) is 8.78 Å². The Labute approximate surface area is 92.2 Å². The van der Waals surface area contributed by atoms with Crippen LogP contribution in [0.1, 0.15) is 0 Å². The quantitative estimate of drug-likeness (QED) is 0.842. The number of hydrogen-bond acceptors (Lipinski definition) is 4. The molecular weight excluding hydrogens is 216 g/mol. The summed E-state index contributed by atoms with van der Waals surface area (Å²) in [6.45, 7) is 0.374. The first-order valence-electron chi connectivity index (χ1n) is 5.13. The number of rotatable bonds is 3. The standard InChI is InChI=1S/C10H13F2N3O/c11-10(12)16-9-8(2-1-3-14-9)15-6-4-13-5-7-15/h1-3,10,13H,4-7H2. The van der Waals surface area contributed by atoms with Crippen molar-refractivity contribution >= 4 is 5.69 Å². The lowest BCUT2D eigenvalue weighted by Gasteiger charge is -2.30. The van der Waals surface area contributed by atoms with Crippen molar-refractivity contribution in [2.24, 2.45) is 0 Å². The van der Waals surface area contributed by atoms with E-state index in [2.05, 4.69) is 15.0 Å². The lowest BCUT2D eigenvalue weighted by atomic mass is 10.3. The first-order chi connectivity index (χ1) is 7.77. The fraction of sp³-hybridized carbons (Fsp3) is 0.500. The normalized spacial score (nSPS) is 16.6. The maximum Gasteiger partial charge on any atom is 0.388 e. The Morgan fingerprint density at radius 3 is 2.81 bits per heavy atom. The van der Waals surface area contributed by atoms with Crippen molar-refractivity contribution in [3.05, 3.63) is 18.3 Å². The van der Waals surface area contributed by atoms with Crippen molar-refractivity contribution < 1.29 is 13.5 Å². The monoisotopic (exact) mass is 229 g/mol. The van der Waals surface area contributed by atoms with E-state index in [1.54, 1.807) is 12.1 Å². The number of anilines is 1. The summed E-state index contributed by atoms with van der Waals surface area (Å²) < 4.78 is 28.7. The molecule has 2 heterocycles. The summed E-state index contributed by atoms with van der Waals surface area (Å²) in [6, 6.07) is 3.46. The lowest BCUT2D eigenvalue weighted by Crippen LogP contribution is -2.43. The smallest absolute Gasteiger partial charge is 0.388 e. The van der Waals surface area contributed by atoms with E-state index in [1.165, 1.54) is 6.20 Å². The molecule has 0 unspecified atom stereocenters. The highest BCUT2D eigenvalue weighted by Gasteiger charge is 2.17. The van der Waals surface area contributed by atoms with Gasteiger partial charge in [0.05, 0.1) is 0 Å². The Morgan fingerprint density at radius 2 is 2.12 bits per heavy atom. The summed E-state index contributed by atoms with van der Waals surface area (Å²) in [5.41, 5.74) is 0.629. The Balaban J connectivity index is 2.17. The zero-order valence-corrected chi connectivity index (χ0v) is 8.70. The molecule has 1 aliphatic rings. The van der Waals surface area contributed by atoms with Crippen LogP contribution < -0.4 is 15.0 Å². The number of aromatic nitrogens is 1. The van der Waals surface area contributed by atoms with Gasteiger partial charge in [0.1, 0.15) is 5.69 Å². The largest absolute Gasteiger partial charge is 0.415 e. The van der Waals surface area contributed by atoms with E-state index >= 15 is 0 Å². The molecule has 0 spiro atoms. The van der Waals surface area contributed by atoms with Gasteiger partial charge in [-0.15, -0.1) is 0 Å². The molecule has 2 rings (SSSR count). The van der Waals surface area contributed by atoms with Crippen molar-refractivity contribution in [1.82, 2.24) is 10.3 Å². The van der Waals surface area contributed by atoms with Gasteiger partial charge in [0.2, 0.25) is 5.88 Å². The topological polar surface area (TPSA) is 37.4 Å². The van der Waals surface area contributed by atoms with Crippen LogP contribution in [0.3, 0.4) is 0 Å². The number of piperazine rings is 1. The van der Waals surface area contributed by atoms with Gasteiger partial charge in [-0.05, 0) is 12.1 Å². The van der Waals surface area contributed by atoms with Crippen LogP contribution in [-0.2, 0) is 0 Å². The van der Waals surface area contributed by atoms with E-state index < -0.39 is 6.61 Å². The number of nitrogens with zero attached hydrogens (tertiary/aromatic N) is 2. The molecule has 0 saturated carbocycles. The molecule has 1 N–H and O–H groups in total. The van der Waals surface area contributed by atoms with Crippen LogP contribution in [0.2, 0.25) is 0 Å². The maximum atomic E-state index is 12.2. The van der Waals surface area contributed by atoms with Gasteiger partial charge in [-0.1, -0.05) is 0 Å². The number of ether oxygens (including phenoxy) is 1. The molecule has 6 heteroatoms. The second-order valence-corrected chi connectivity index (χ2v) is 3.44. The molecule has 0 atom stereocenters. The van der Waals surface area contributed by atoms with Gasteiger partial charge in [0.25, 0.3) is 0 Å². The van der Waals surface area contributed by atoms with E-state index in [-0.39, 0.29) is 5.88 Å². The molecule has 1 aliphatic heterocycles. The molecule has 1 aromatic heterocycles. The Hall–Kier alpha value is -1.43. The van der Waals surface area contributed by atoms with Gasteiger partial charge >= 0.3 is 6.61 Å². The van der Waals surface area contributed by atoms with Gasteiger partial charge in [0.15, 0.2) is 0 Å². The van der Waals surface area contributed by atoms with Gasteiger partial charge in [-0.3, -0.25) is 0 Å². The average molecular weight is 229 g/mol.